The molecular weight excluding hydrogens is 432 g/mol. The maximum Gasteiger partial charge on any atom is 0.416 e. The highest BCUT2D eigenvalue weighted by molar-refractivity contribution is 7.80. The molecule has 0 aliphatic carbocycles. The Hall–Kier alpha value is -2.29. The molecule has 0 spiro atoms. The molecule has 3 aromatic rings. The molecule has 0 aliphatic rings. The third kappa shape index (κ3) is 5.37. The molecule has 0 unspecified atom stereocenters. The molecule has 1 aromatic heterocycles. The Bertz CT molecular complexity index is 1000. The van der Waals surface area contributed by atoms with Crippen molar-refractivity contribution in [1.29, 1.82) is 0 Å². The largest absolute Gasteiger partial charge is 0.416 e. The summed E-state index contributed by atoms with van der Waals surface area (Å²) < 4.78 is 40.0. The smallest absolute Gasteiger partial charge is 0.332 e. The zero-order chi connectivity index (χ0) is 20.3. The maximum absolute atomic E-state index is 12.8. The lowest BCUT2D eigenvalue weighted by molar-refractivity contribution is -0.137. The van der Waals surface area contributed by atoms with Gasteiger partial charge in [0.25, 0.3) is 0 Å². The first kappa shape index (κ1) is 20.4. The van der Waals surface area contributed by atoms with E-state index < -0.39 is 11.7 Å². The van der Waals surface area contributed by atoms with E-state index in [1.807, 2.05) is 6.07 Å². The van der Waals surface area contributed by atoms with Gasteiger partial charge in [0.05, 0.1) is 22.2 Å². The Morgan fingerprint density at radius 3 is 2.54 bits per heavy atom. The summed E-state index contributed by atoms with van der Waals surface area (Å²) in [6, 6.07) is 11.8. The van der Waals surface area contributed by atoms with Crippen molar-refractivity contribution in [3.63, 3.8) is 0 Å². The zero-order valence-electron chi connectivity index (χ0n) is 14.1. The first-order valence-corrected chi connectivity index (χ1v) is 9.10. The predicted octanol–water partition coefficient (Wildman–Crippen LogP) is 6.07. The van der Waals surface area contributed by atoms with Crippen LogP contribution in [0.1, 0.15) is 11.1 Å². The van der Waals surface area contributed by atoms with Crippen LogP contribution in [0.2, 0.25) is 10.0 Å². The van der Waals surface area contributed by atoms with Gasteiger partial charge in [0.2, 0.25) is 0 Å². The summed E-state index contributed by atoms with van der Waals surface area (Å²) in [7, 11) is 0. The van der Waals surface area contributed by atoms with E-state index in [2.05, 4.69) is 15.7 Å². The van der Waals surface area contributed by atoms with Gasteiger partial charge >= 0.3 is 6.18 Å². The van der Waals surface area contributed by atoms with Crippen molar-refractivity contribution < 1.29 is 13.2 Å². The van der Waals surface area contributed by atoms with E-state index in [-0.39, 0.29) is 10.8 Å². The van der Waals surface area contributed by atoms with Gasteiger partial charge < -0.3 is 10.6 Å². The van der Waals surface area contributed by atoms with Crippen molar-refractivity contribution >= 4 is 52.0 Å². The molecule has 0 amide bonds. The van der Waals surface area contributed by atoms with Gasteiger partial charge in [-0.1, -0.05) is 35.3 Å². The lowest BCUT2D eigenvalue weighted by Crippen LogP contribution is -2.20. The molecule has 0 fully saturated rings. The summed E-state index contributed by atoms with van der Waals surface area (Å²) in [4.78, 5) is 0. The Kier molecular flexibility index (Phi) is 6.12. The molecule has 10 heteroatoms. The second kappa shape index (κ2) is 8.38. The topological polar surface area (TPSA) is 41.9 Å². The third-order valence-corrected chi connectivity index (χ3v) is 4.60. The van der Waals surface area contributed by atoms with Crippen molar-refractivity contribution in [3.05, 3.63) is 75.9 Å². The van der Waals surface area contributed by atoms with E-state index >= 15 is 0 Å². The minimum atomic E-state index is -4.42. The molecule has 2 aromatic carbocycles. The number of rotatable bonds is 4. The molecule has 0 aliphatic heterocycles. The second-order valence-electron chi connectivity index (χ2n) is 5.80. The van der Waals surface area contributed by atoms with Crippen molar-refractivity contribution in [2.45, 2.75) is 12.7 Å². The fraction of sp³-hybridized carbons (Fsp3) is 0.111. The predicted molar refractivity (Wildman–Crippen MR) is 109 cm³/mol. The lowest BCUT2D eigenvalue weighted by Gasteiger charge is -2.11. The summed E-state index contributed by atoms with van der Waals surface area (Å²) in [6.07, 6.45) is -2.69. The molecule has 0 saturated carbocycles. The average molecular weight is 445 g/mol. The number of benzene rings is 2. The van der Waals surface area contributed by atoms with Crippen LogP contribution in [0, 0.1) is 0 Å². The lowest BCUT2D eigenvalue weighted by atomic mass is 10.2. The van der Waals surface area contributed by atoms with Gasteiger partial charge in [-0.15, -0.1) is 0 Å². The van der Waals surface area contributed by atoms with Gasteiger partial charge in [-0.25, -0.2) is 0 Å². The molecule has 0 atom stereocenters. The summed E-state index contributed by atoms with van der Waals surface area (Å²) in [5.74, 6) is 0.449. The Labute approximate surface area is 174 Å². The first-order valence-electron chi connectivity index (χ1n) is 7.93. The number of nitrogens with one attached hydrogen (secondary N) is 2. The van der Waals surface area contributed by atoms with Crippen LogP contribution in [0.4, 0.5) is 24.7 Å². The number of anilines is 2. The SMILES string of the molecule is FC(F)(F)c1cccc(NC(=S)Nc2ccn(Cc3ccc(Cl)c(Cl)c3)n2)c1. The second-order valence-corrected chi connectivity index (χ2v) is 7.03. The van der Waals surface area contributed by atoms with E-state index in [0.29, 0.717) is 22.4 Å². The molecule has 3 rings (SSSR count). The monoisotopic (exact) mass is 444 g/mol. The first-order chi connectivity index (χ1) is 13.2. The molecule has 146 valence electrons. The molecule has 1 heterocycles. The maximum atomic E-state index is 12.8. The quantitative estimate of drug-likeness (QED) is 0.479. The van der Waals surface area contributed by atoms with Gasteiger partial charge in [0.1, 0.15) is 0 Å². The fourth-order valence-electron chi connectivity index (χ4n) is 2.39. The van der Waals surface area contributed by atoms with Crippen LogP contribution < -0.4 is 10.6 Å². The average Bonchev–Trinajstić information content (AvgIpc) is 3.04. The Morgan fingerprint density at radius 2 is 1.82 bits per heavy atom. The van der Waals surface area contributed by atoms with Crippen molar-refractivity contribution in [2.24, 2.45) is 0 Å². The van der Waals surface area contributed by atoms with Gasteiger partial charge in [0.15, 0.2) is 10.9 Å². The summed E-state index contributed by atoms with van der Waals surface area (Å²) in [6.45, 7) is 0.465. The highest BCUT2D eigenvalue weighted by atomic mass is 35.5. The third-order valence-electron chi connectivity index (χ3n) is 3.66. The Morgan fingerprint density at radius 1 is 1.04 bits per heavy atom. The van der Waals surface area contributed by atoms with Crippen LogP contribution >= 0.6 is 35.4 Å². The minimum Gasteiger partial charge on any atom is -0.332 e. The molecule has 28 heavy (non-hydrogen) atoms. The summed E-state index contributed by atoms with van der Waals surface area (Å²) in [5, 5.41) is 10.9. The number of thiocarbonyl (C=S) groups is 1. The number of halogens is 5. The molecule has 0 radical (unpaired) electrons. The van der Waals surface area contributed by atoms with Crippen molar-refractivity contribution in [3.8, 4) is 0 Å². The number of hydrogen-bond acceptors (Lipinski definition) is 2. The van der Waals surface area contributed by atoms with Crippen LogP contribution in [0.15, 0.2) is 54.7 Å². The highest BCUT2D eigenvalue weighted by Crippen LogP contribution is 2.30. The van der Waals surface area contributed by atoms with E-state index in [4.69, 9.17) is 35.4 Å². The van der Waals surface area contributed by atoms with Crippen molar-refractivity contribution in [2.75, 3.05) is 10.6 Å². The van der Waals surface area contributed by atoms with Crippen LogP contribution in [-0.2, 0) is 12.7 Å². The normalized spacial score (nSPS) is 11.3. The highest BCUT2D eigenvalue weighted by Gasteiger charge is 2.30. The van der Waals surface area contributed by atoms with Crippen LogP contribution in [0.5, 0.6) is 0 Å². The molecule has 2 N–H and O–H groups in total. The molecule has 4 nitrogen and oxygen atoms in total. The van der Waals surface area contributed by atoms with E-state index in [9.17, 15) is 13.2 Å². The number of nitrogens with zero attached hydrogens (tertiary/aromatic N) is 2. The van der Waals surface area contributed by atoms with Gasteiger partial charge in [-0.2, -0.15) is 18.3 Å². The molecule has 0 bridgehead atoms. The van der Waals surface area contributed by atoms with Gasteiger partial charge in [0, 0.05) is 18.0 Å². The summed E-state index contributed by atoms with van der Waals surface area (Å²) in [5.41, 5.74) is 0.377. The number of hydrogen-bond donors (Lipinski definition) is 2. The minimum absolute atomic E-state index is 0.124. The van der Waals surface area contributed by atoms with E-state index in [1.165, 1.54) is 12.1 Å². The van der Waals surface area contributed by atoms with E-state index in [0.717, 1.165) is 17.7 Å². The van der Waals surface area contributed by atoms with Crippen LogP contribution in [-0.4, -0.2) is 14.9 Å². The fourth-order valence-corrected chi connectivity index (χ4v) is 2.94. The standard InChI is InChI=1S/C18H13Cl2F3N4S/c19-14-5-4-11(8-15(14)20)10-27-7-6-16(26-27)25-17(28)24-13-3-1-2-12(9-13)18(21,22)23/h1-9H,10H2,(H2,24,25,26,28). The van der Waals surface area contributed by atoms with Crippen molar-refractivity contribution in [1.82, 2.24) is 9.78 Å². The molecule has 0 saturated heterocycles. The van der Waals surface area contributed by atoms with Crippen LogP contribution in [0.3, 0.4) is 0 Å². The van der Waals surface area contributed by atoms with Gasteiger partial charge in [-0.05, 0) is 48.1 Å². The summed E-state index contributed by atoms with van der Waals surface area (Å²) >= 11 is 17.0. The zero-order valence-corrected chi connectivity index (χ0v) is 16.4. The molecular formula is C18H13Cl2F3N4S. The number of alkyl halides is 3. The van der Waals surface area contributed by atoms with Gasteiger partial charge in [-0.3, -0.25) is 4.68 Å². The Balaban J connectivity index is 1.62. The van der Waals surface area contributed by atoms with Crippen LogP contribution in [0.25, 0.3) is 0 Å². The number of aromatic nitrogens is 2. The van der Waals surface area contributed by atoms with E-state index in [1.54, 1.807) is 29.1 Å².